The Morgan fingerprint density at radius 2 is 2.04 bits per heavy atom. The first-order chi connectivity index (χ1) is 11.4. The normalized spacial score (nSPS) is 19.3. The number of carbonyl (C=O) groups is 1. The molecule has 1 amide bonds. The highest BCUT2D eigenvalue weighted by atomic mass is 79.9. The first-order valence-corrected chi connectivity index (χ1v) is 9.12. The molecule has 0 unspecified atom stereocenters. The minimum Gasteiger partial charge on any atom is -0.444 e. The van der Waals surface area contributed by atoms with Crippen LogP contribution in [0.3, 0.4) is 0 Å². The lowest BCUT2D eigenvalue weighted by atomic mass is 10.2. The molecule has 0 aliphatic carbocycles. The van der Waals surface area contributed by atoms with Gasteiger partial charge in [0, 0.05) is 19.6 Å². The molecule has 2 rings (SSSR count). The molecule has 0 aromatic carbocycles. The molecule has 0 saturated carbocycles. The number of nitrogens with zero attached hydrogens (tertiary/aromatic N) is 3. The van der Waals surface area contributed by atoms with E-state index in [0.29, 0.717) is 22.9 Å². The largest absolute Gasteiger partial charge is 0.444 e. The number of alkyl halides is 3. The van der Waals surface area contributed by atoms with Gasteiger partial charge < -0.3 is 14.7 Å². The van der Waals surface area contributed by atoms with E-state index < -0.39 is 28.9 Å². The van der Waals surface area contributed by atoms with Crippen molar-refractivity contribution in [2.75, 3.05) is 31.1 Å². The van der Waals surface area contributed by atoms with E-state index in [4.69, 9.17) is 4.74 Å². The van der Waals surface area contributed by atoms with Gasteiger partial charge in [-0.3, -0.25) is 4.90 Å². The molecule has 0 spiro atoms. The average molecular weight is 446 g/mol. The van der Waals surface area contributed by atoms with E-state index in [1.54, 1.807) is 25.7 Å². The summed E-state index contributed by atoms with van der Waals surface area (Å²) in [6, 6.07) is -0.577. The van der Waals surface area contributed by atoms with E-state index in [1.807, 2.05) is 0 Å². The first kappa shape index (κ1) is 20.2. The quantitative estimate of drug-likeness (QED) is 0.755. The maximum Gasteiger partial charge on any atom is 0.443 e. The van der Waals surface area contributed by atoms with Crippen molar-refractivity contribution in [3.8, 4) is 0 Å². The van der Waals surface area contributed by atoms with Crippen molar-refractivity contribution in [1.82, 2.24) is 9.88 Å². The predicted molar refractivity (Wildman–Crippen MR) is 90.8 cm³/mol. The third-order valence-corrected chi connectivity index (χ3v) is 5.40. The second kappa shape index (κ2) is 7.28. The topological polar surface area (TPSA) is 65.9 Å². The second-order valence-electron chi connectivity index (χ2n) is 6.57. The van der Waals surface area contributed by atoms with Crippen LogP contribution in [0.4, 0.5) is 23.0 Å². The Morgan fingerprint density at radius 3 is 2.52 bits per heavy atom. The molecular formula is C14H19BrF3N3O3S. The molecule has 0 radical (unpaired) electrons. The van der Waals surface area contributed by atoms with E-state index in [9.17, 15) is 23.1 Å². The summed E-state index contributed by atoms with van der Waals surface area (Å²) in [6.45, 7) is 5.62. The van der Waals surface area contributed by atoms with Gasteiger partial charge in [0.1, 0.15) is 15.2 Å². The number of ether oxygens (including phenoxy) is 1. The number of aromatic nitrogens is 1. The van der Waals surface area contributed by atoms with Gasteiger partial charge in [0.2, 0.25) is 5.01 Å². The average Bonchev–Trinajstić information content (AvgIpc) is 2.87. The number of carbonyl (C=O) groups excluding carboxylic acids is 1. The molecule has 2 heterocycles. The Kier molecular flexibility index (Phi) is 5.89. The summed E-state index contributed by atoms with van der Waals surface area (Å²) in [5.41, 5.74) is -0.670. The summed E-state index contributed by atoms with van der Waals surface area (Å²) < 4.78 is 43.9. The van der Waals surface area contributed by atoms with Crippen LogP contribution in [0.1, 0.15) is 25.8 Å². The highest BCUT2D eigenvalue weighted by Gasteiger charge is 2.38. The van der Waals surface area contributed by atoms with Gasteiger partial charge in [-0.2, -0.15) is 13.2 Å². The van der Waals surface area contributed by atoms with Crippen molar-refractivity contribution in [2.45, 2.75) is 38.6 Å². The zero-order valence-corrected chi connectivity index (χ0v) is 16.3. The lowest BCUT2D eigenvalue weighted by Gasteiger charge is -2.41. The van der Waals surface area contributed by atoms with Gasteiger partial charge in [0.15, 0.2) is 0 Å². The zero-order valence-electron chi connectivity index (χ0n) is 13.9. The van der Waals surface area contributed by atoms with Crippen LogP contribution < -0.4 is 4.90 Å². The van der Waals surface area contributed by atoms with Gasteiger partial charge >= 0.3 is 12.3 Å². The molecule has 1 atom stereocenters. The van der Waals surface area contributed by atoms with Crippen LogP contribution in [-0.4, -0.2) is 59.0 Å². The number of thiazole rings is 1. The van der Waals surface area contributed by atoms with Crippen LogP contribution in [0.15, 0.2) is 4.60 Å². The molecule has 1 aliphatic rings. The smallest absolute Gasteiger partial charge is 0.443 e. The van der Waals surface area contributed by atoms with Gasteiger partial charge in [0.05, 0.1) is 12.6 Å². The number of aliphatic hydroxyl groups is 1. The van der Waals surface area contributed by atoms with Gasteiger partial charge in [-0.15, -0.1) is 0 Å². The van der Waals surface area contributed by atoms with Crippen LogP contribution in [0.5, 0.6) is 0 Å². The van der Waals surface area contributed by atoms with Crippen molar-refractivity contribution < 1.29 is 27.8 Å². The summed E-state index contributed by atoms with van der Waals surface area (Å²) in [5.74, 6) is 0. The van der Waals surface area contributed by atoms with Crippen LogP contribution in [0.2, 0.25) is 0 Å². The van der Waals surface area contributed by atoms with Crippen molar-refractivity contribution in [3.05, 3.63) is 9.61 Å². The Hall–Kier alpha value is -1.07. The van der Waals surface area contributed by atoms with Gasteiger partial charge in [-0.25, -0.2) is 9.78 Å². The molecule has 0 bridgehead atoms. The molecule has 25 heavy (non-hydrogen) atoms. The van der Waals surface area contributed by atoms with E-state index in [0.717, 1.165) is 0 Å². The van der Waals surface area contributed by atoms with E-state index >= 15 is 0 Å². The Balaban J connectivity index is 2.14. The number of hydrogen-bond donors (Lipinski definition) is 1. The number of anilines is 1. The minimum atomic E-state index is -4.51. The minimum absolute atomic E-state index is 0.104. The van der Waals surface area contributed by atoms with Gasteiger partial charge in [-0.1, -0.05) is 11.3 Å². The van der Waals surface area contributed by atoms with Crippen molar-refractivity contribution in [3.63, 3.8) is 0 Å². The maximum absolute atomic E-state index is 12.8. The van der Waals surface area contributed by atoms with Gasteiger partial charge in [0.25, 0.3) is 0 Å². The first-order valence-electron chi connectivity index (χ1n) is 7.51. The maximum atomic E-state index is 12.8. The summed E-state index contributed by atoms with van der Waals surface area (Å²) >= 11 is 3.59. The van der Waals surface area contributed by atoms with Gasteiger partial charge in [-0.05, 0) is 36.7 Å². The molecule has 1 aliphatic heterocycles. The number of halogens is 4. The fourth-order valence-corrected chi connectivity index (χ4v) is 4.02. The van der Waals surface area contributed by atoms with E-state index in [-0.39, 0.29) is 24.3 Å². The summed E-state index contributed by atoms with van der Waals surface area (Å²) in [7, 11) is 0. The monoisotopic (exact) mass is 445 g/mol. The second-order valence-corrected chi connectivity index (χ2v) is 8.30. The fourth-order valence-electron chi connectivity index (χ4n) is 2.37. The van der Waals surface area contributed by atoms with Crippen molar-refractivity contribution in [1.29, 1.82) is 0 Å². The lowest BCUT2D eigenvalue weighted by molar-refractivity contribution is -0.137. The summed E-state index contributed by atoms with van der Waals surface area (Å²) in [6.07, 6.45) is -5.06. The van der Waals surface area contributed by atoms with Crippen molar-refractivity contribution in [2.24, 2.45) is 0 Å². The Bertz CT molecular complexity index is 633. The number of hydrogen-bond acceptors (Lipinski definition) is 6. The molecule has 11 heteroatoms. The molecule has 1 aromatic heterocycles. The molecule has 1 N–H and O–H groups in total. The number of amides is 1. The van der Waals surface area contributed by atoms with Crippen LogP contribution >= 0.6 is 27.3 Å². The van der Waals surface area contributed by atoms with Crippen LogP contribution in [0, 0.1) is 0 Å². The standard InChI is InChI=1S/C14H19BrF3N3O3S/c1-13(2,3)24-12(23)21-5-4-20(6-8(21)7-22)10-9(15)19-11(25-10)14(16,17)18/h8,22H,4-7H2,1-3H3/t8-/m1/s1. The molecule has 1 fully saturated rings. The zero-order chi connectivity index (χ0) is 19.0. The predicted octanol–water partition coefficient (Wildman–Crippen LogP) is 3.34. The summed E-state index contributed by atoms with van der Waals surface area (Å²) in [5, 5.41) is 8.99. The molecule has 6 nitrogen and oxygen atoms in total. The van der Waals surface area contributed by atoms with Crippen molar-refractivity contribution >= 4 is 38.4 Å². The van der Waals surface area contributed by atoms with Crippen LogP contribution in [0.25, 0.3) is 0 Å². The third-order valence-electron chi connectivity index (χ3n) is 3.42. The lowest BCUT2D eigenvalue weighted by Crippen LogP contribution is -2.57. The van der Waals surface area contributed by atoms with E-state index in [1.165, 1.54) is 4.90 Å². The molecule has 1 aromatic rings. The fraction of sp³-hybridized carbons (Fsp3) is 0.714. The third kappa shape index (κ3) is 4.98. The Labute approximate surface area is 155 Å². The number of aliphatic hydroxyl groups excluding tert-OH is 1. The molecule has 1 saturated heterocycles. The number of rotatable bonds is 2. The van der Waals surface area contributed by atoms with Crippen LogP contribution in [-0.2, 0) is 10.9 Å². The SMILES string of the molecule is CC(C)(C)OC(=O)N1CCN(c2sc(C(F)(F)F)nc2Br)C[C@@H]1CO. The highest BCUT2D eigenvalue weighted by Crippen LogP contribution is 2.41. The Morgan fingerprint density at radius 1 is 1.40 bits per heavy atom. The number of piperazine rings is 1. The highest BCUT2D eigenvalue weighted by molar-refractivity contribution is 9.10. The van der Waals surface area contributed by atoms with E-state index in [2.05, 4.69) is 20.9 Å². The molecular weight excluding hydrogens is 427 g/mol. The molecule has 142 valence electrons. The summed E-state index contributed by atoms with van der Waals surface area (Å²) in [4.78, 5) is 18.8.